The van der Waals surface area contributed by atoms with E-state index in [0.29, 0.717) is 30.4 Å². The Bertz CT molecular complexity index is 777. The molecule has 160 valence electrons. The molecule has 12 heteroatoms. The number of fused-ring (bicyclic) bond motifs is 2. The fourth-order valence-corrected chi connectivity index (χ4v) is 3.76. The maximum atomic E-state index is 12.2. The average molecular weight is 428 g/mol. The molecule has 1 aromatic rings. The van der Waals surface area contributed by atoms with E-state index in [1.165, 1.54) is 11.3 Å². The van der Waals surface area contributed by atoms with E-state index < -0.39 is 34.4 Å². The Morgan fingerprint density at radius 2 is 1.93 bits per heavy atom. The molecule has 1 saturated carbocycles. The highest BCUT2D eigenvalue weighted by atomic mass is 32.3. The van der Waals surface area contributed by atoms with Crippen LogP contribution in [0, 0.1) is 5.92 Å². The first kappa shape index (κ1) is 21.4. The van der Waals surface area contributed by atoms with Gasteiger partial charge in [-0.05, 0) is 43.7 Å². The van der Waals surface area contributed by atoms with E-state index in [-0.39, 0.29) is 6.54 Å². The largest absolute Gasteiger partial charge is 0.418 e. The van der Waals surface area contributed by atoms with Gasteiger partial charge in [0.25, 0.3) is 5.91 Å². The van der Waals surface area contributed by atoms with Crippen molar-refractivity contribution in [3.63, 3.8) is 0 Å². The Hall–Kier alpha value is -2.28. The number of urea groups is 1. The van der Waals surface area contributed by atoms with Crippen LogP contribution in [-0.2, 0) is 24.3 Å². The van der Waals surface area contributed by atoms with Gasteiger partial charge in [0.1, 0.15) is 6.04 Å². The highest BCUT2D eigenvalue weighted by Gasteiger charge is 2.49. The van der Waals surface area contributed by atoms with Crippen molar-refractivity contribution in [1.82, 2.24) is 20.4 Å². The lowest BCUT2D eigenvalue weighted by Gasteiger charge is -2.29. The minimum absolute atomic E-state index is 0.162. The number of hydrogen-bond acceptors (Lipinski definition) is 7. The zero-order valence-corrected chi connectivity index (χ0v) is 16.5. The monoisotopic (exact) mass is 428 g/mol. The van der Waals surface area contributed by atoms with Crippen molar-refractivity contribution in [3.8, 4) is 0 Å². The molecule has 2 N–H and O–H groups in total. The highest BCUT2D eigenvalue weighted by molar-refractivity contribution is 7.80. The van der Waals surface area contributed by atoms with E-state index >= 15 is 0 Å². The Labute approximate surface area is 168 Å². The van der Waals surface area contributed by atoms with E-state index in [4.69, 9.17) is 9.39 Å². The van der Waals surface area contributed by atoms with Gasteiger partial charge < -0.3 is 4.90 Å². The summed E-state index contributed by atoms with van der Waals surface area (Å²) >= 11 is 0. The van der Waals surface area contributed by atoms with Crippen LogP contribution < -0.4 is 5.48 Å². The molecule has 11 nitrogen and oxygen atoms in total. The number of piperidine rings is 1. The Kier molecular flexibility index (Phi) is 7.00. The third-order valence-electron chi connectivity index (χ3n) is 5.08. The maximum Gasteiger partial charge on any atom is 0.418 e. The second-order valence-corrected chi connectivity index (χ2v) is 8.11. The number of aromatic nitrogens is 1. The van der Waals surface area contributed by atoms with Crippen molar-refractivity contribution in [1.29, 1.82) is 0 Å². The van der Waals surface area contributed by atoms with Gasteiger partial charge in [0.05, 0.1) is 12.6 Å². The second-order valence-electron chi connectivity index (χ2n) is 7.11. The molecule has 1 aliphatic carbocycles. The molecule has 29 heavy (non-hydrogen) atoms. The van der Waals surface area contributed by atoms with Crippen molar-refractivity contribution in [2.24, 2.45) is 5.92 Å². The van der Waals surface area contributed by atoms with Crippen LogP contribution in [-0.4, -0.2) is 65.1 Å². The lowest BCUT2D eigenvalue weighted by Crippen LogP contribution is -2.50. The van der Waals surface area contributed by atoms with Gasteiger partial charge in [0.15, 0.2) is 0 Å². The Morgan fingerprint density at radius 1 is 1.21 bits per heavy atom. The molecule has 0 spiro atoms. The van der Waals surface area contributed by atoms with Crippen LogP contribution in [0.5, 0.6) is 0 Å². The highest BCUT2D eigenvalue weighted by Crippen LogP contribution is 2.31. The molecule has 2 atom stereocenters. The summed E-state index contributed by atoms with van der Waals surface area (Å²) < 4.78 is 34.6. The Morgan fingerprint density at radius 3 is 2.45 bits per heavy atom. The summed E-state index contributed by atoms with van der Waals surface area (Å²) in [6.45, 7) is 0.613. The van der Waals surface area contributed by atoms with Gasteiger partial charge >= 0.3 is 16.4 Å². The van der Waals surface area contributed by atoms with E-state index in [1.54, 1.807) is 12.4 Å². The minimum atomic E-state index is -4.78. The van der Waals surface area contributed by atoms with Gasteiger partial charge in [-0.2, -0.15) is 13.5 Å². The summed E-state index contributed by atoms with van der Waals surface area (Å²) in [6.07, 6.45) is 7.61. The SMILES string of the molecule is O=C(NOCC1CCC1)[C@@H]1CC[C@@H]2CN1C(=O)N2OS(=O)(=O)O.c1ccncc1. The van der Waals surface area contributed by atoms with Gasteiger partial charge in [-0.3, -0.25) is 19.2 Å². The van der Waals surface area contributed by atoms with Crippen LogP contribution in [0.2, 0.25) is 0 Å². The molecule has 0 unspecified atom stereocenters. The first-order chi connectivity index (χ1) is 13.8. The zero-order chi connectivity index (χ0) is 20.9. The summed E-state index contributed by atoms with van der Waals surface area (Å²) in [5.41, 5.74) is 2.36. The number of amides is 3. The summed E-state index contributed by atoms with van der Waals surface area (Å²) in [4.78, 5) is 34.5. The molecule has 2 saturated heterocycles. The third-order valence-corrected chi connectivity index (χ3v) is 5.43. The number of carbonyl (C=O) groups is 2. The fourth-order valence-electron chi connectivity index (χ4n) is 3.37. The van der Waals surface area contributed by atoms with Crippen LogP contribution in [0.15, 0.2) is 30.6 Å². The second kappa shape index (κ2) is 9.48. The van der Waals surface area contributed by atoms with E-state index in [0.717, 1.165) is 12.8 Å². The zero-order valence-electron chi connectivity index (χ0n) is 15.7. The molecule has 3 aliphatic rings. The minimum Gasteiger partial charge on any atom is -0.309 e. The van der Waals surface area contributed by atoms with Crippen molar-refractivity contribution in [2.75, 3.05) is 13.2 Å². The number of nitrogens with zero attached hydrogens (tertiary/aromatic N) is 3. The van der Waals surface area contributed by atoms with Crippen molar-refractivity contribution >= 4 is 22.3 Å². The van der Waals surface area contributed by atoms with Crippen LogP contribution >= 0.6 is 0 Å². The third kappa shape index (κ3) is 5.85. The molecule has 2 bridgehead atoms. The number of nitrogens with one attached hydrogen (secondary N) is 1. The number of hydrogen-bond donors (Lipinski definition) is 2. The molecule has 4 rings (SSSR count). The van der Waals surface area contributed by atoms with Gasteiger partial charge in [0, 0.05) is 18.9 Å². The normalized spacial score (nSPS) is 23.8. The van der Waals surface area contributed by atoms with Crippen LogP contribution in [0.4, 0.5) is 4.79 Å². The van der Waals surface area contributed by atoms with Crippen molar-refractivity contribution in [2.45, 2.75) is 44.2 Å². The molecule has 3 fully saturated rings. The number of hydroxylamine groups is 3. The summed E-state index contributed by atoms with van der Waals surface area (Å²) in [5, 5.41) is 0.609. The van der Waals surface area contributed by atoms with E-state index in [9.17, 15) is 18.0 Å². The first-order valence-electron chi connectivity index (χ1n) is 9.38. The fraction of sp³-hybridized carbons (Fsp3) is 0.588. The van der Waals surface area contributed by atoms with Gasteiger partial charge in [-0.25, -0.2) is 10.3 Å². The lowest BCUT2D eigenvalue weighted by molar-refractivity contribution is -0.140. The van der Waals surface area contributed by atoms with Gasteiger partial charge in [-0.1, -0.05) is 12.5 Å². The number of carbonyl (C=O) groups excluding carboxylic acids is 2. The average Bonchev–Trinajstić information content (AvgIpc) is 2.89. The molecular weight excluding hydrogens is 404 g/mol. The van der Waals surface area contributed by atoms with E-state index in [2.05, 4.69) is 14.7 Å². The molecule has 3 amide bonds. The quantitative estimate of drug-likeness (QED) is 0.504. The standard InChI is InChI=1S/C12H19N3O7S.C5H5N/c16-11(13-21-7-8-2-1-3-8)10-5-4-9-6-14(10)12(17)15(9)22-23(18,19)20;1-2-4-6-5-3-1/h8-10H,1-7H2,(H,13,16)(H,18,19,20);1-5H/t9-,10+;/m1./s1. The van der Waals surface area contributed by atoms with Crippen molar-refractivity contribution < 1.29 is 31.7 Å². The van der Waals surface area contributed by atoms with Crippen LogP contribution in [0.25, 0.3) is 0 Å². The number of rotatable bonds is 6. The molecule has 3 heterocycles. The van der Waals surface area contributed by atoms with Gasteiger partial charge in [0.2, 0.25) is 0 Å². The predicted molar refractivity (Wildman–Crippen MR) is 99.1 cm³/mol. The topological polar surface area (TPSA) is 138 Å². The molecule has 0 aromatic carbocycles. The smallest absolute Gasteiger partial charge is 0.309 e. The number of pyridine rings is 1. The van der Waals surface area contributed by atoms with E-state index in [1.807, 2.05) is 18.2 Å². The van der Waals surface area contributed by atoms with Gasteiger partial charge in [-0.15, -0.1) is 4.28 Å². The molecule has 1 aromatic heterocycles. The first-order valence-corrected chi connectivity index (χ1v) is 10.7. The summed E-state index contributed by atoms with van der Waals surface area (Å²) in [5.74, 6) is 0.0305. The lowest BCUT2D eigenvalue weighted by atomic mass is 9.86. The van der Waals surface area contributed by atoms with Crippen LogP contribution in [0.3, 0.4) is 0 Å². The predicted octanol–water partition coefficient (Wildman–Crippen LogP) is 0.919. The molecule has 2 aliphatic heterocycles. The summed E-state index contributed by atoms with van der Waals surface area (Å²) in [6, 6.07) is 3.70. The molecule has 0 radical (unpaired) electrons. The molecular formula is C17H24N4O7S. The van der Waals surface area contributed by atoms with Crippen molar-refractivity contribution in [3.05, 3.63) is 30.6 Å². The summed E-state index contributed by atoms with van der Waals surface area (Å²) in [7, 11) is -4.78. The van der Waals surface area contributed by atoms with Crippen LogP contribution in [0.1, 0.15) is 32.1 Å². The Balaban J connectivity index is 0.000000343. The maximum absolute atomic E-state index is 12.2.